The van der Waals surface area contributed by atoms with E-state index in [1.54, 1.807) is 0 Å². The van der Waals surface area contributed by atoms with Gasteiger partial charge in [-0.2, -0.15) is 0 Å². The quantitative estimate of drug-likeness (QED) is 0.929. The molecule has 2 fully saturated rings. The van der Waals surface area contributed by atoms with Gasteiger partial charge in [0.2, 0.25) is 5.91 Å². The van der Waals surface area contributed by atoms with Crippen molar-refractivity contribution in [2.75, 3.05) is 13.1 Å². The van der Waals surface area contributed by atoms with Crippen molar-refractivity contribution in [2.24, 2.45) is 5.92 Å². The van der Waals surface area contributed by atoms with Gasteiger partial charge in [0.05, 0.1) is 0 Å². The second-order valence-electron chi connectivity index (χ2n) is 6.39. The standard InChI is InChI=1S/C18H24N2O2/c21-17(14-7-2-1-3-8-14)19-13-16-11-4-5-12-20(16)18(22)15-9-6-10-15/h1-3,7-8,15-16H,4-6,9-13H2,(H,19,21). The van der Waals surface area contributed by atoms with Crippen molar-refractivity contribution in [1.82, 2.24) is 10.2 Å². The molecule has 2 amide bonds. The Labute approximate surface area is 131 Å². The van der Waals surface area contributed by atoms with E-state index in [1.165, 1.54) is 6.42 Å². The van der Waals surface area contributed by atoms with Gasteiger partial charge in [-0.3, -0.25) is 9.59 Å². The van der Waals surface area contributed by atoms with Crippen molar-refractivity contribution in [2.45, 2.75) is 44.6 Å². The molecular weight excluding hydrogens is 276 g/mol. The van der Waals surface area contributed by atoms with E-state index in [4.69, 9.17) is 0 Å². The Hall–Kier alpha value is -1.84. The van der Waals surface area contributed by atoms with Crippen molar-refractivity contribution in [3.8, 4) is 0 Å². The SMILES string of the molecule is O=C(NCC1CCCCN1C(=O)C1CCC1)c1ccccc1. The van der Waals surface area contributed by atoms with Gasteiger partial charge in [0, 0.05) is 30.6 Å². The molecule has 1 aliphatic heterocycles. The fourth-order valence-electron chi connectivity index (χ4n) is 3.29. The summed E-state index contributed by atoms with van der Waals surface area (Å²) in [5.41, 5.74) is 0.676. The van der Waals surface area contributed by atoms with E-state index >= 15 is 0 Å². The third-order valence-corrected chi connectivity index (χ3v) is 4.90. The number of hydrogen-bond donors (Lipinski definition) is 1. The van der Waals surface area contributed by atoms with Gasteiger partial charge in [-0.15, -0.1) is 0 Å². The Morgan fingerprint density at radius 2 is 1.82 bits per heavy atom. The lowest BCUT2D eigenvalue weighted by Crippen LogP contribution is -2.52. The highest BCUT2D eigenvalue weighted by Gasteiger charge is 2.34. The molecule has 1 aromatic carbocycles. The molecule has 1 saturated carbocycles. The first-order chi connectivity index (χ1) is 10.8. The maximum Gasteiger partial charge on any atom is 0.251 e. The second kappa shape index (κ2) is 6.95. The maximum absolute atomic E-state index is 12.5. The zero-order valence-corrected chi connectivity index (χ0v) is 13.0. The summed E-state index contributed by atoms with van der Waals surface area (Å²) in [5, 5.41) is 3.00. The van der Waals surface area contributed by atoms with Crippen molar-refractivity contribution in [3.05, 3.63) is 35.9 Å². The summed E-state index contributed by atoms with van der Waals surface area (Å²) in [5.74, 6) is 0.498. The molecule has 0 radical (unpaired) electrons. The molecule has 0 bridgehead atoms. The van der Waals surface area contributed by atoms with Gasteiger partial charge < -0.3 is 10.2 Å². The first-order valence-electron chi connectivity index (χ1n) is 8.39. The zero-order chi connectivity index (χ0) is 15.4. The number of carbonyl (C=O) groups excluding carboxylic acids is 2. The molecule has 1 aliphatic carbocycles. The minimum absolute atomic E-state index is 0.0535. The fourth-order valence-corrected chi connectivity index (χ4v) is 3.29. The van der Waals surface area contributed by atoms with Crippen LogP contribution >= 0.6 is 0 Å². The molecule has 2 aliphatic rings. The molecule has 4 nitrogen and oxygen atoms in total. The lowest BCUT2D eigenvalue weighted by atomic mass is 9.83. The highest BCUT2D eigenvalue weighted by Crippen LogP contribution is 2.30. The number of nitrogens with one attached hydrogen (secondary N) is 1. The van der Waals surface area contributed by atoms with Gasteiger partial charge in [0.15, 0.2) is 0 Å². The molecular formula is C18H24N2O2. The Morgan fingerprint density at radius 1 is 1.05 bits per heavy atom. The molecule has 1 aromatic rings. The number of likely N-dealkylation sites (tertiary alicyclic amines) is 1. The van der Waals surface area contributed by atoms with Gasteiger partial charge in [0.25, 0.3) is 5.91 Å². The highest BCUT2D eigenvalue weighted by atomic mass is 16.2. The third kappa shape index (κ3) is 3.32. The van der Waals surface area contributed by atoms with Gasteiger partial charge in [0.1, 0.15) is 0 Å². The summed E-state index contributed by atoms with van der Waals surface area (Å²) >= 11 is 0. The van der Waals surface area contributed by atoms with Crippen molar-refractivity contribution in [1.29, 1.82) is 0 Å². The lowest BCUT2D eigenvalue weighted by molar-refractivity contribution is -0.141. The van der Waals surface area contributed by atoms with E-state index in [0.29, 0.717) is 18.0 Å². The maximum atomic E-state index is 12.5. The number of rotatable bonds is 4. The minimum Gasteiger partial charge on any atom is -0.350 e. The van der Waals surface area contributed by atoms with Crippen LogP contribution in [0.25, 0.3) is 0 Å². The first-order valence-corrected chi connectivity index (χ1v) is 8.39. The predicted octanol–water partition coefficient (Wildman–Crippen LogP) is 2.60. The Morgan fingerprint density at radius 3 is 2.50 bits per heavy atom. The minimum atomic E-state index is -0.0535. The topological polar surface area (TPSA) is 49.4 Å². The molecule has 4 heteroatoms. The van der Waals surface area contributed by atoms with Crippen LogP contribution in [-0.4, -0.2) is 35.8 Å². The van der Waals surface area contributed by atoms with Crippen LogP contribution in [0.2, 0.25) is 0 Å². The summed E-state index contributed by atoms with van der Waals surface area (Å²) in [6.07, 6.45) is 6.48. The summed E-state index contributed by atoms with van der Waals surface area (Å²) in [7, 11) is 0. The number of amides is 2. The largest absolute Gasteiger partial charge is 0.350 e. The summed E-state index contributed by atoms with van der Waals surface area (Å²) < 4.78 is 0. The predicted molar refractivity (Wildman–Crippen MR) is 85.5 cm³/mol. The first kappa shape index (κ1) is 15.1. The summed E-state index contributed by atoms with van der Waals surface area (Å²) in [6.45, 7) is 1.41. The Kier molecular flexibility index (Phi) is 4.76. The number of benzene rings is 1. The van der Waals surface area contributed by atoms with Crippen LogP contribution in [0, 0.1) is 5.92 Å². The van der Waals surface area contributed by atoms with Crippen LogP contribution in [0.1, 0.15) is 48.9 Å². The molecule has 1 heterocycles. The van der Waals surface area contributed by atoms with E-state index in [0.717, 1.165) is 38.6 Å². The number of nitrogens with zero attached hydrogens (tertiary/aromatic N) is 1. The van der Waals surface area contributed by atoms with Gasteiger partial charge in [-0.05, 0) is 44.2 Å². The summed E-state index contributed by atoms with van der Waals surface area (Å²) in [6, 6.07) is 9.41. The molecule has 0 spiro atoms. The molecule has 1 unspecified atom stereocenters. The van der Waals surface area contributed by atoms with Crippen molar-refractivity contribution < 1.29 is 9.59 Å². The lowest BCUT2D eigenvalue weighted by Gasteiger charge is -2.40. The van der Waals surface area contributed by atoms with Crippen molar-refractivity contribution in [3.63, 3.8) is 0 Å². The van der Waals surface area contributed by atoms with E-state index in [9.17, 15) is 9.59 Å². The van der Waals surface area contributed by atoms with Crippen LogP contribution in [0.15, 0.2) is 30.3 Å². The van der Waals surface area contributed by atoms with E-state index in [1.807, 2.05) is 35.2 Å². The van der Waals surface area contributed by atoms with Gasteiger partial charge in [-0.1, -0.05) is 24.6 Å². The van der Waals surface area contributed by atoms with Crippen LogP contribution < -0.4 is 5.32 Å². The molecule has 0 aromatic heterocycles. The van der Waals surface area contributed by atoms with Gasteiger partial charge >= 0.3 is 0 Å². The van der Waals surface area contributed by atoms with Crippen LogP contribution in [0.3, 0.4) is 0 Å². The molecule has 1 N–H and O–H groups in total. The van der Waals surface area contributed by atoms with Crippen LogP contribution in [-0.2, 0) is 4.79 Å². The number of piperidine rings is 1. The number of carbonyl (C=O) groups is 2. The second-order valence-corrected chi connectivity index (χ2v) is 6.39. The highest BCUT2D eigenvalue weighted by molar-refractivity contribution is 5.94. The molecule has 1 atom stereocenters. The molecule has 1 saturated heterocycles. The van der Waals surface area contributed by atoms with Crippen LogP contribution in [0.5, 0.6) is 0 Å². The average Bonchev–Trinajstić information content (AvgIpc) is 2.52. The zero-order valence-electron chi connectivity index (χ0n) is 13.0. The Balaban J connectivity index is 1.57. The van der Waals surface area contributed by atoms with Crippen molar-refractivity contribution >= 4 is 11.8 Å². The summed E-state index contributed by atoms with van der Waals surface area (Å²) in [4.78, 5) is 26.7. The third-order valence-electron chi connectivity index (χ3n) is 4.90. The fraction of sp³-hybridized carbons (Fsp3) is 0.556. The number of hydrogen-bond acceptors (Lipinski definition) is 2. The van der Waals surface area contributed by atoms with E-state index in [2.05, 4.69) is 5.32 Å². The van der Waals surface area contributed by atoms with E-state index < -0.39 is 0 Å². The smallest absolute Gasteiger partial charge is 0.251 e. The normalized spacial score (nSPS) is 22.0. The average molecular weight is 300 g/mol. The molecule has 22 heavy (non-hydrogen) atoms. The molecule has 3 rings (SSSR count). The van der Waals surface area contributed by atoms with Gasteiger partial charge in [-0.25, -0.2) is 0 Å². The van der Waals surface area contributed by atoms with Crippen LogP contribution in [0.4, 0.5) is 0 Å². The Bertz CT molecular complexity index is 525. The van der Waals surface area contributed by atoms with E-state index in [-0.39, 0.29) is 17.9 Å². The molecule has 118 valence electrons. The monoisotopic (exact) mass is 300 g/mol.